The van der Waals surface area contributed by atoms with Gasteiger partial charge in [-0.1, -0.05) is 36.4 Å². The summed E-state index contributed by atoms with van der Waals surface area (Å²) >= 11 is 0. The molecule has 100 valence electrons. The molecule has 0 amide bonds. The van der Waals surface area contributed by atoms with Gasteiger partial charge in [-0.15, -0.1) is 0 Å². The van der Waals surface area contributed by atoms with Crippen molar-refractivity contribution in [3.05, 3.63) is 59.9 Å². The Bertz CT molecular complexity index is 549. The van der Waals surface area contributed by atoms with Crippen LogP contribution in [0.15, 0.2) is 48.5 Å². The standard InChI is InChI=1S/C16H18FNO/c1-16(19,9-10-18)14-7-5-12(6-8-14)13-3-2-4-15(17)11-13/h2-8,11,19H,9-10,18H2,1H3. The van der Waals surface area contributed by atoms with E-state index in [-0.39, 0.29) is 5.82 Å². The van der Waals surface area contributed by atoms with Gasteiger partial charge in [0, 0.05) is 0 Å². The van der Waals surface area contributed by atoms with Crippen LogP contribution in [0.4, 0.5) is 4.39 Å². The Morgan fingerprint density at radius 1 is 1.11 bits per heavy atom. The highest BCUT2D eigenvalue weighted by atomic mass is 19.1. The maximum atomic E-state index is 13.2. The van der Waals surface area contributed by atoms with Gasteiger partial charge in [0.2, 0.25) is 0 Å². The Morgan fingerprint density at radius 3 is 2.37 bits per heavy atom. The second-order valence-electron chi connectivity index (χ2n) is 4.90. The predicted octanol–water partition coefficient (Wildman–Crippen LogP) is 3.05. The highest BCUT2D eigenvalue weighted by Crippen LogP contribution is 2.27. The third kappa shape index (κ3) is 3.19. The molecule has 2 nitrogen and oxygen atoms in total. The molecule has 0 aliphatic rings. The zero-order chi connectivity index (χ0) is 13.9. The van der Waals surface area contributed by atoms with Crippen molar-refractivity contribution in [2.75, 3.05) is 6.54 Å². The number of halogens is 1. The van der Waals surface area contributed by atoms with Crippen LogP contribution >= 0.6 is 0 Å². The molecule has 2 rings (SSSR count). The van der Waals surface area contributed by atoms with Gasteiger partial charge in [0.05, 0.1) is 5.60 Å². The summed E-state index contributed by atoms with van der Waals surface area (Å²) in [5.74, 6) is -0.253. The molecule has 0 radical (unpaired) electrons. The van der Waals surface area contributed by atoms with Crippen LogP contribution in [-0.2, 0) is 5.60 Å². The van der Waals surface area contributed by atoms with E-state index in [1.54, 1.807) is 13.0 Å². The first-order chi connectivity index (χ1) is 9.03. The average Bonchev–Trinajstić information content (AvgIpc) is 2.39. The minimum Gasteiger partial charge on any atom is -0.385 e. The molecule has 0 spiro atoms. The van der Waals surface area contributed by atoms with Crippen LogP contribution in [0.3, 0.4) is 0 Å². The summed E-state index contributed by atoms with van der Waals surface area (Å²) in [4.78, 5) is 0. The van der Waals surface area contributed by atoms with E-state index in [0.29, 0.717) is 13.0 Å². The lowest BCUT2D eigenvalue weighted by atomic mass is 9.91. The summed E-state index contributed by atoms with van der Waals surface area (Å²) in [6.45, 7) is 2.18. The zero-order valence-corrected chi connectivity index (χ0v) is 10.9. The lowest BCUT2D eigenvalue weighted by Crippen LogP contribution is -2.24. The second-order valence-corrected chi connectivity index (χ2v) is 4.90. The Balaban J connectivity index is 2.28. The molecule has 0 aliphatic heterocycles. The molecule has 0 saturated heterocycles. The van der Waals surface area contributed by atoms with Gasteiger partial charge in [0.25, 0.3) is 0 Å². The van der Waals surface area contributed by atoms with Gasteiger partial charge in [-0.25, -0.2) is 4.39 Å². The maximum absolute atomic E-state index is 13.2. The van der Waals surface area contributed by atoms with Crippen molar-refractivity contribution in [2.45, 2.75) is 18.9 Å². The van der Waals surface area contributed by atoms with Crippen LogP contribution in [0.1, 0.15) is 18.9 Å². The van der Waals surface area contributed by atoms with Gasteiger partial charge < -0.3 is 10.8 Å². The highest BCUT2D eigenvalue weighted by molar-refractivity contribution is 5.63. The van der Waals surface area contributed by atoms with Crippen LogP contribution in [0.5, 0.6) is 0 Å². The molecule has 0 fully saturated rings. The molecule has 19 heavy (non-hydrogen) atoms. The van der Waals surface area contributed by atoms with E-state index in [4.69, 9.17) is 5.73 Å². The molecule has 2 aromatic carbocycles. The van der Waals surface area contributed by atoms with Crippen molar-refractivity contribution in [3.63, 3.8) is 0 Å². The molecule has 0 aromatic heterocycles. The molecule has 2 aromatic rings. The summed E-state index contributed by atoms with van der Waals surface area (Å²) in [5.41, 5.74) is 7.13. The fraction of sp³-hybridized carbons (Fsp3) is 0.250. The number of hydrogen-bond acceptors (Lipinski definition) is 2. The van der Waals surface area contributed by atoms with E-state index in [1.807, 2.05) is 30.3 Å². The van der Waals surface area contributed by atoms with Gasteiger partial charge in [-0.2, -0.15) is 0 Å². The zero-order valence-electron chi connectivity index (χ0n) is 10.9. The van der Waals surface area contributed by atoms with Crippen molar-refractivity contribution >= 4 is 0 Å². The van der Waals surface area contributed by atoms with Crippen molar-refractivity contribution < 1.29 is 9.50 Å². The van der Waals surface area contributed by atoms with Crippen molar-refractivity contribution in [1.82, 2.24) is 0 Å². The van der Waals surface area contributed by atoms with Crippen molar-refractivity contribution in [2.24, 2.45) is 5.73 Å². The van der Waals surface area contributed by atoms with Crippen LogP contribution in [-0.4, -0.2) is 11.7 Å². The van der Waals surface area contributed by atoms with E-state index in [0.717, 1.165) is 16.7 Å². The molecule has 1 unspecified atom stereocenters. The first kappa shape index (κ1) is 13.7. The maximum Gasteiger partial charge on any atom is 0.123 e. The topological polar surface area (TPSA) is 46.2 Å². The average molecular weight is 259 g/mol. The number of rotatable bonds is 4. The molecule has 3 N–H and O–H groups in total. The molecule has 1 atom stereocenters. The monoisotopic (exact) mass is 259 g/mol. The SMILES string of the molecule is CC(O)(CCN)c1ccc(-c2cccc(F)c2)cc1. The highest BCUT2D eigenvalue weighted by Gasteiger charge is 2.21. The number of aliphatic hydroxyl groups is 1. The van der Waals surface area contributed by atoms with E-state index in [1.165, 1.54) is 12.1 Å². The quantitative estimate of drug-likeness (QED) is 0.886. The van der Waals surface area contributed by atoms with Crippen LogP contribution < -0.4 is 5.73 Å². The summed E-state index contributed by atoms with van der Waals surface area (Å²) in [7, 11) is 0. The second kappa shape index (κ2) is 5.51. The molecule has 0 bridgehead atoms. The summed E-state index contributed by atoms with van der Waals surface area (Å²) in [5, 5.41) is 10.3. The fourth-order valence-electron chi connectivity index (χ4n) is 2.12. The number of benzene rings is 2. The summed E-state index contributed by atoms with van der Waals surface area (Å²) in [6, 6.07) is 13.9. The minimum absolute atomic E-state index is 0.253. The smallest absolute Gasteiger partial charge is 0.123 e. The Kier molecular flexibility index (Phi) is 3.98. The number of hydrogen-bond donors (Lipinski definition) is 2. The van der Waals surface area contributed by atoms with Crippen LogP contribution in [0, 0.1) is 5.82 Å². The minimum atomic E-state index is -0.921. The van der Waals surface area contributed by atoms with Gasteiger partial charge >= 0.3 is 0 Å². The van der Waals surface area contributed by atoms with E-state index >= 15 is 0 Å². The summed E-state index contributed by atoms with van der Waals surface area (Å²) < 4.78 is 13.2. The number of nitrogens with two attached hydrogens (primary N) is 1. The predicted molar refractivity (Wildman–Crippen MR) is 75.1 cm³/mol. The van der Waals surface area contributed by atoms with Crippen LogP contribution in [0.2, 0.25) is 0 Å². The van der Waals surface area contributed by atoms with Gasteiger partial charge in [-0.3, -0.25) is 0 Å². The first-order valence-electron chi connectivity index (χ1n) is 6.32. The molecule has 0 aliphatic carbocycles. The molecule has 0 heterocycles. The lowest BCUT2D eigenvalue weighted by Gasteiger charge is -2.23. The summed E-state index contributed by atoms with van der Waals surface area (Å²) in [6.07, 6.45) is 0.506. The van der Waals surface area contributed by atoms with Crippen molar-refractivity contribution in [3.8, 4) is 11.1 Å². The molecule has 0 saturated carbocycles. The largest absolute Gasteiger partial charge is 0.385 e. The molecular formula is C16H18FNO. The van der Waals surface area contributed by atoms with Gasteiger partial charge in [-0.05, 0) is 48.7 Å². The Morgan fingerprint density at radius 2 is 1.79 bits per heavy atom. The first-order valence-corrected chi connectivity index (χ1v) is 6.32. The Labute approximate surface area is 112 Å². The van der Waals surface area contributed by atoms with Crippen LogP contribution in [0.25, 0.3) is 11.1 Å². The van der Waals surface area contributed by atoms with Crippen molar-refractivity contribution in [1.29, 1.82) is 0 Å². The van der Waals surface area contributed by atoms with Gasteiger partial charge in [0.15, 0.2) is 0 Å². The molecular weight excluding hydrogens is 241 g/mol. The third-order valence-corrected chi connectivity index (χ3v) is 3.30. The molecule has 3 heteroatoms. The normalized spacial score (nSPS) is 14.1. The van der Waals surface area contributed by atoms with E-state index < -0.39 is 5.60 Å². The lowest BCUT2D eigenvalue weighted by molar-refractivity contribution is 0.0504. The fourth-order valence-corrected chi connectivity index (χ4v) is 2.12. The van der Waals surface area contributed by atoms with E-state index in [9.17, 15) is 9.50 Å². The third-order valence-electron chi connectivity index (χ3n) is 3.30. The Hall–Kier alpha value is -1.71. The van der Waals surface area contributed by atoms with E-state index in [2.05, 4.69) is 0 Å². The van der Waals surface area contributed by atoms with Gasteiger partial charge in [0.1, 0.15) is 5.82 Å².